The molecular weight excluding hydrogens is 322 g/mol. The van der Waals surface area contributed by atoms with E-state index in [1.54, 1.807) is 12.1 Å². The number of anilines is 1. The van der Waals surface area contributed by atoms with Crippen molar-refractivity contribution in [3.63, 3.8) is 0 Å². The maximum Gasteiger partial charge on any atom is 0.263 e. The van der Waals surface area contributed by atoms with Crippen LogP contribution >= 0.6 is 11.6 Å². The quantitative estimate of drug-likeness (QED) is 0.621. The SMILES string of the molecule is Cc1c(Cl)cccc1N/C=C(/C#N)C(=O)NCCc1ccccc1. The second-order valence-corrected chi connectivity index (χ2v) is 5.63. The van der Waals surface area contributed by atoms with Gasteiger partial charge in [-0.1, -0.05) is 48.0 Å². The average Bonchev–Trinajstić information content (AvgIpc) is 2.60. The van der Waals surface area contributed by atoms with E-state index in [4.69, 9.17) is 16.9 Å². The van der Waals surface area contributed by atoms with Crippen molar-refractivity contribution in [3.05, 3.63) is 76.5 Å². The molecule has 0 saturated heterocycles. The van der Waals surface area contributed by atoms with Crippen molar-refractivity contribution in [3.8, 4) is 6.07 Å². The summed E-state index contributed by atoms with van der Waals surface area (Å²) in [6.07, 6.45) is 2.11. The summed E-state index contributed by atoms with van der Waals surface area (Å²) in [5.74, 6) is -0.402. The number of rotatable bonds is 6. The Bertz CT molecular complexity index is 779. The van der Waals surface area contributed by atoms with Crippen LogP contribution in [0.5, 0.6) is 0 Å². The van der Waals surface area contributed by atoms with Crippen LogP contribution in [-0.2, 0) is 11.2 Å². The van der Waals surface area contributed by atoms with E-state index in [-0.39, 0.29) is 5.57 Å². The Morgan fingerprint density at radius 2 is 1.96 bits per heavy atom. The van der Waals surface area contributed by atoms with E-state index in [1.807, 2.05) is 49.4 Å². The molecule has 0 aromatic heterocycles. The Balaban J connectivity index is 1.93. The molecule has 122 valence electrons. The minimum Gasteiger partial charge on any atom is -0.360 e. The number of nitrogens with one attached hydrogen (secondary N) is 2. The summed E-state index contributed by atoms with van der Waals surface area (Å²) < 4.78 is 0. The van der Waals surface area contributed by atoms with Gasteiger partial charge in [0.15, 0.2) is 0 Å². The zero-order chi connectivity index (χ0) is 17.4. The van der Waals surface area contributed by atoms with Gasteiger partial charge in [-0.2, -0.15) is 5.26 Å². The number of hydrogen-bond donors (Lipinski definition) is 2. The number of hydrogen-bond acceptors (Lipinski definition) is 3. The fourth-order valence-electron chi connectivity index (χ4n) is 2.12. The maximum atomic E-state index is 12.1. The Morgan fingerprint density at radius 3 is 2.67 bits per heavy atom. The summed E-state index contributed by atoms with van der Waals surface area (Å²) in [6.45, 7) is 2.34. The van der Waals surface area contributed by atoms with Gasteiger partial charge in [0.25, 0.3) is 5.91 Å². The van der Waals surface area contributed by atoms with E-state index in [2.05, 4.69) is 10.6 Å². The molecule has 24 heavy (non-hydrogen) atoms. The van der Waals surface area contributed by atoms with Gasteiger partial charge in [-0.25, -0.2) is 0 Å². The second kappa shape index (κ2) is 8.76. The van der Waals surface area contributed by atoms with Crippen LogP contribution in [0.15, 0.2) is 60.3 Å². The first-order valence-corrected chi connectivity index (χ1v) is 7.93. The van der Waals surface area contributed by atoms with Crippen LogP contribution < -0.4 is 10.6 Å². The minimum absolute atomic E-state index is 0.0161. The highest BCUT2D eigenvalue weighted by molar-refractivity contribution is 6.31. The van der Waals surface area contributed by atoms with Gasteiger partial charge in [0.1, 0.15) is 11.6 Å². The molecule has 0 aliphatic rings. The number of nitriles is 1. The van der Waals surface area contributed by atoms with Crippen LogP contribution in [0.2, 0.25) is 5.02 Å². The van der Waals surface area contributed by atoms with Gasteiger partial charge in [-0.15, -0.1) is 0 Å². The molecule has 0 heterocycles. The molecule has 0 spiro atoms. The lowest BCUT2D eigenvalue weighted by Crippen LogP contribution is -2.27. The van der Waals surface area contributed by atoms with Gasteiger partial charge in [0.05, 0.1) is 0 Å². The number of carbonyl (C=O) groups excluding carboxylic acids is 1. The summed E-state index contributed by atoms with van der Waals surface area (Å²) in [6, 6.07) is 17.2. The number of carbonyl (C=O) groups is 1. The van der Waals surface area contributed by atoms with E-state index < -0.39 is 5.91 Å². The third-order valence-corrected chi connectivity index (χ3v) is 3.96. The Labute approximate surface area is 146 Å². The summed E-state index contributed by atoms with van der Waals surface area (Å²) in [5, 5.41) is 15.5. The normalized spacial score (nSPS) is 10.8. The third-order valence-electron chi connectivity index (χ3n) is 3.55. The summed E-state index contributed by atoms with van der Waals surface area (Å²) in [7, 11) is 0. The Kier molecular flexibility index (Phi) is 6.41. The van der Waals surface area contributed by atoms with Crippen LogP contribution in [-0.4, -0.2) is 12.5 Å². The molecule has 2 rings (SSSR count). The molecule has 0 unspecified atom stereocenters. The molecule has 0 saturated carbocycles. The topological polar surface area (TPSA) is 64.9 Å². The lowest BCUT2D eigenvalue weighted by molar-refractivity contribution is -0.117. The molecule has 0 aliphatic heterocycles. The Morgan fingerprint density at radius 1 is 1.21 bits per heavy atom. The molecule has 1 amide bonds. The maximum absolute atomic E-state index is 12.1. The predicted octanol–water partition coefficient (Wildman–Crippen LogP) is 3.83. The number of amides is 1. The minimum atomic E-state index is -0.402. The fraction of sp³-hybridized carbons (Fsp3) is 0.158. The van der Waals surface area contributed by atoms with E-state index >= 15 is 0 Å². The molecule has 2 N–H and O–H groups in total. The summed E-state index contributed by atoms with van der Waals surface area (Å²) >= 11 is 6.05. The van der Waals surface area contributed by atoms with Crippen LogP contribution in [0.4, 0.5) is 5.69 Å². The van der Waals surface area contributed by atoms with Crippen LogP contribution in [0.3, 0.4) is 0 Å². The first-order valence-electron chi connectivity index (χ1n) is 7.56. The van der Waals surface area contributed by atoms with Crippen molar-refractivity contribution >= 4 is 23.2 Å². The molecule has 5 heteroatoms. The number of benzene rings is 2. The molecule has 0 bridgehead atoms. The van der Waals surface area contributed by atoms with Crippen molar-refractivity contribution in [1.29, 1.82) is 5.26 Å². The predicted molar refractivity (Wildman–Crippen MR) is 96.7 cm³/mol. The zero-order valence-corrected chi connectivity index (χ0v) is 14.1. The van der Waals surface area contributed by atoms with Gasteiger partial charge < -0.3 is 10.6 Å². The van der Waals surface area contributed by atoms with Crippen molar-refractivity contribution in [2.24, 2.45) is 0 Å². The molecular formula is C19H18ClN3O. The van der Waals surface area contributed by atoms with Crippen molar-refractivity contribution in [2.45, 2.75) is 13.3 Å². The van der Waals surface area contributed by atoms with Crippen molar-refractivity contribution in [1.82, 2.24) is 5.32 Å². The van der Waals surface area contributed by atoms with E-state index in [9.17, 15) is 4.79 Å². The second-order valence-electron chi connectivity index (χ2n) is 5.22. The lowest BCUT2D eigenvalue weighted by atomic mass is 10.1. The molecule has 0 radical (unpaired) electrons. The third kappa shape index (κ3) is 4.87. The summed E-state index contributed by atoms with van der Waals surface area (Å²) in [5.41, 5.74) is 2.76. The average molecular weight is 340 g/mol. The highest BCUT2D eigenvalue weighted by Gasteiger charge is 2.08. The van der Waals surface area contributed by atoms with Crippen molar-refractivity contribution in [2.75, 3.05) is 11.9 Å². The molecule has 0 atom stereocenters. The molecule has 2 aromatic rings. The molecule has 0 aliphatic carbocycles. The smallest absolute Gasteiger partial charge is 0.263 e. The lowest BCUT2D eigenvalue weighted by Gasteiger charge is -2.08. The number of nitrogens with zero attached hydrogens (tertiary/aromatic N) is 1. The first-order chi connectivity index (χ1) is 11.6. The van der Waals surface area contributed by atoms with Crippen LogP contribution in [0, 0.1) is 18.3 Å². The van der Waals surface area contributed by atoms with Crippen molar-refractivity contribution < 1.29 is 4.79 Å². The Hall–Kier alpha value is -2.77. The highest BCUT2D eigenvalue weighted by Crippen LogP contribution is 2.23. The van der Waals surface area contributed by atoms with Gasteiger partial charge in [0, 0.05) is 23.5 Å². The van der Waals surface area contributed by atoms with Gasteiger partial charge in [-0.05, 0) is 36.6 Å². The molecule has 4 nitrogen and oxygen atoms in total. The number of halogens is 1. The zero-order valence-electron chi connectivity index (χ0n) is 13.3. The molecule has 0 fully saturated rings. The van der Waals surface area contributed by atoms with E-state index in [0.717, 1.165) is 16.8 Å². The van der Waals surface area contributed by atoms with Crippen LogP contribution in [0.1, 0.15) is 11.1 Å². The van der Waals surface area contributed by atoms with E-state index in [1.165, 1.54) is 6.20 Å². The first kappa shape index (κ1) is 17.6. The largest absolute Gasteiger partial charge is 0.360 e. The highest BCUT2D eigenvalue weighted by atomic mass is 35.5. The molecule has 2 aromatic carbocycles. The van der Waals surface area contributed by atoms with Gasteiger partial charge in [0.2, 0.25) is 0 Å². The fourth-order valence-corrected chi connectivity index (χ4v) is 2.30. The summed E-state index contributed by atoms with van der Waals surface area (Å²) in [4.78, 5) is 12.1. The standard InChI is InChI=1S/C19H18ClN3O/c1-14-17(20)8-5-9-18(14)23-13-16(12-21)19(24)22-11-10-15-6-3-2-4-7-15/h2-9,13,23H,10-11H2,1H3,(H,22,24)/b16-13-. The van der Waals surface area contributed by atoms with Gasteiger partial charge in [-0.3, -0.25) is 4.79 Å². The van der Waals surface area contributed by atoms with Crippen LogP contribution in [0.25, 0.3) is 0 Å². The van der Waals surface area contributed by atoms with E-state index in [0.29, 0.717) is 18.0 Å². The monoisotopic (exact) mass is 339 g/mol. The van der Waals surface area contributed by atoms with Gasteiger partial charge >= 0.3 is 0 Å².